The molecule has 1 amide bonds. The molecule has 0 unspecified atom stereocenters. The molecule has 0 aromatic heterocycles. The number of hydrogen-bond acceptors (Lipinski definition) is 2. The first kappa shape index (κ1) is 8.88. The Labute approximate surface area is 60.6 Å². The third-order valence-electron chi connectivity index (χ3n) is 0.709. The molecule has 0 saturated heterocycles. The van der Waals surface area contributed by atoms with Crippen molar-refractivity contribution in [2.75, 3.05) is 0 Å². The van der Waals surface area contributed by atoms with Crippen LogP contribution in [0.5, 0.6) is 0 Å². The Balaban J connectivity index is 3.62. The molecule has 0 aromatic rings. The molecule has 0 saturated carbocycles. The molecular formula is C7H12N2O. The minimum Gasteiger partial charge on any atom is -0.366 e. The van der Waals surface area contributed by atoms with Gasteiger partial charge in [0.1, 0.15) is 0 Å². The number of amides is 1. The number of nitrogens with zero attached hydrogens (tertiary/aromatic N) is 1. The highest BCUT2D eigenvalue weighted by atomic mass is 16.1. The maximum Gasteiger partial charge on any atom is 0.242 e. The van der Waals surface area contributed by atoms with E-state index in [1.807, 2.05) is 13.8 Å². The van der Waals surface area contributed by atoms with E-state index in [-0.39, 0.29) is 0 Å². The van der Waals surface area contributed by atoms with E-state index < -0.39 is 5.91 Å². The smallest absolute Gasteiger partial charge is 0.242 e. The van der Waals surface area contributed by atoms with Crippen LogP contribution in [0.25, 0.3) is 0 Å². The highest BCUT2D eigenvalue weighted by Gasteiger charge is 1.82. The van der Waals surface area contributed by atoms with Crippen LogP contribution < -0.4 is 5.73 Å². The predicted molar refractivity (Wildman–Crippen MR) is 41.7 cm³/mol. The zero-order valence-corrected chi connectivity index (χ0v) is 6.24. The molecular weight excluding hydrogens is 128 g/mol. The van der Waals surface area contributed by atoms with Gasteiger partial charge in [0, 0.05) is 18.5 Å². The van der Waals surface area contributed by atoms with Crippen LogP contribution >= 0.6 is 0 Å². The predicted octanol–water partition coefficient (Wildman–Crippen LogP) is 0.712. The van der Waals surface area contributed by atoms with E-state index in [0.29, 0.717) is 5.92 Å². The number of hydrogen-bond donors (Lipinski definition) is 1. The molecule has 3 heteroatoms. The quantitative estimate of drug-likeness (QED) is 0.455. The molecule has 0 radical (unpaired) electrons. The van der Waals surface area contributed by atoms with Gasteiger partial charge in [0.25, 0.3) is 0 Å². The lowest BCUT2D eigenvalue weighted by molar-refractivity contribution is -0.113. The zero-order chi connectivity index (χ0) is 7.98. The molecule has 0 spiro atoms. The Kier molecular flexibility index (Phi) is 4.20. The molecule has 0 aliphatic rings. The van der Waals surface area contributed by atoms with Crippen LogP contribution in [0.2, 0.25) is 0 Å². The number of aliphatic imine (C=N–C) groups is 1. The average Bonchev–Trinajstić information content (AvgIpc) is 1.79. The lowest BCUT2D eigenvalue weighted by atomic mass is 10.2. The second kappa shape index (κ2) is 4.73. The third-order valence-corrected chi connectivity index (χ3v) is 0.709. The van der Waals surface area contributed by atoms with Crippen molar-refractivity contribution in [1.82, 2.24) is 0 Å². The van der Waals surface area contributed by atoms with Gasteiger partial charge in [0.15, 0.2) is 0 Å². The van der Waals surface area contributed by atoms with Crippen LogP contribution in [-0.2, 0) is 4.79 Å². The molecule has 0 rings (SSSR count). The van der Waals surface area contributed by atoms with Gasteiger partial charge in [-0.05, 0) is 5.92 Å². The van der Waals surface area contributed by atoms with Crippen molar-refractivity contribution in [2.24, 2.45) is 16.6 Å². The first-order chi connectivity index (χ1) is 4.63. The second-order valence-corrected chi connectivity index (χ2v) is 2.26. The molecule has 56 valence electrons. The van der Waals surface area contributed by atoms with E-state index in [4.69, 9.17) is 5.73 Å². The van der Waals surface area contributed by atoms with Crippen molar-refractivity contribution in [3.05, 3.63) is 12.3 Å². The van der Waals surface area contributed by atoms with E-state index in [1.165, 1.54) is 12.3 Å². The van der Waals surface area contributed by atoms with E-state index in [9.17, 15) is 4.79 Å². The fraction of sp³-hybridized carbons (Fsp3) is 0.429. The Morgan fingerprint density at radius 2 is 2.20 bits per heavy atom. The third kappa shape index (κ3) is 6.88. The fourth-order valence-electron chi connectivity index (χ4n) is 0.338. The van der Waals surface area contributed by atoms with E-state index in [2.05, 4.69) is 4.99 Å². The van der Waals surface area contributed by atoms with Gasteiger partial charge >= 0.3 is 0 Å². The van der Waals surface area contributed by atoms with Crippen LogP contribution in [0.3, 0.4) is 0 Å². The molecule has 0 atom stereocenters. The van der Waals surface area contributed by atoms with Gasteiger partial charge in [-0.15, -0.1) is 0 Å². The van der Waals surface area contributed by atoms with Crippen molar-refractivity contribution >= 4 is 12.1 Å². The van der Waals surface area contributed by atoms with Crippen molar-refractivity contribution in [3.63, 3.8) is 0 Å². The highest BCUT2D eigenvalue weighted by molar-refractivity contribution is 5.85. The Morgan fingerprint density at radius 3 is 2.60 bits per heavy atom. The number of primary amides is 1. The summed E-state index contributed by atoms with van der Waals surface area (Å²) in [7, 11) is 0. The molecule has 0 aliphatic carbocycles. The Bertz CT molecular complexity index is 159. The molecule has 0 aliphatic heterocycles. The fourth-order valence-corrected chi connectivity index (χ4v) is 0.338. The van der Waals surface area contributed by atoms with Gasteiger partial charge in [0.2, 0.25) is 5.91 Å². The first-order valence-electron chi connectivity index (χ1n) is 3.12. The minimum absolute atomic E-state index is 0.400. The monoisotopic (exact) mass is 140 g/mol. The van der Waals surface area contributed by atoms with Gasteiger partial charge in [0.05, 0.1) is 0 Å². The largest absolute Gasteiger partial charge is 0.366 e. The maximum absolute atomic E-state index is 10.1. The average molecular weight is 140 g/mol. The second-order valence-electron chi connectivity index (χ2n) is 2.26. The number of nitrogens with two attached hydrogens (primary N) is 1. The molecule has 3 nitrogen and oxygen atoms in total. The summed E-state index contributed by atoms with van der Waals surface area (Å²) in [6.45, 7) is 4.00. The zero-order valence-electron chi connectivity index (χ0n) is 6.24. The maximum atomic E-state index is 10.1. The highest BCUT2D eigenvalue weighted by Crippen LogP contribution is 1.85. The van der Waals surface area contributed by atoms with E-state index in [1.54, 1.807) is 6.21 Å². The van der Waals surface area contributed by atoms with Crippen molar-refractivity contribution in [1.29, 1.82) is 0 Å². The molecule has 0 aromatic carbocycles. The van der Waals surface area contributed by atoms with Crippen LogP contribution in [0, 0.1) is 5.92 Å². The molecule has 0 heterocycles. The van der Waals surface area contributed by atoms with E-state index in [0.717, 1.165) is 0 Å². The lowest BCUT2D eigenvalue weighted by Gasteiger charge is -1.87. The van der Waals surface area contributed by atoms with Crippen molar-refractivity contribution < 1.29 is 4.79 Å². The molecule has 0 bridgehead atoms. The lowest BCUT2D eigenvalue weighted by Crippen LogP contribution is -2.04. The summed E-state index contributed by atoms with van der Waals surface area (Å²) >= 11 is 0. The van der Waals surface area contributed by atoms with Crippen LogP contribution in [0.15, 0.2) is 17.3 Å². The van der Waals surface area contributed by atoms with Gasteiger partial charge in [-0.3, -0.25) is 9.79 Å². The normalized spacial score (nSPS) is 11.9. The van der Waals surface area contributed by atoms with E-state index >= 15 is 0 Å². The van der Waals surface area contributed by atoms with Crippen LogP contribution in [-0.4, -0.2) is 12.1 Å². The summed E-state index contributed by atoms with van der Waals surface area (Å²) in [5.74, 6) is -0.0709. The number of carbonyl (C=O) groups excluding carboxylic acids is 1. The number of rotatable bonds is 3. The van der Waals surface area contributed by atoms with Crippen LogP contribution in [0.1, 0.15) is 13.8 Å². The molecule has 10 heavy (non-hydrogen) atoms. The summed E-state index contributed by atoms with van der Waals surface area (Å²) in [6.07, 6.45) is 4.35. The standard InChI is InChI=1S/C7H12N2O/c1-6(2)5-9-4-3-7(8)10/h3-6H,1-2H3,(H2,8,10). The van der Waals surface area contributed by atoms with Gasteiger partial charge in [-0.1, -0.05) is 13.8 Å². The Morgan fingerprint density at radius 1 is 1.60 bits per heavy atom. The van der Waals surface area contributed by atoms with Gasteiger partial charge in [-0.2, -0.15) is 0 Å². The number of carbonyl (C=O) groups is 1. The van der Waals surface area contributed by atoms with Gasteiger partial charge < -0.3 is 5.73 Å². The topological polar surface area (TPSA) is 55.4 Å². The van der Waals surface area contributed by atoms with Crippen molar-refractivity contribution in [3.8, 4) is 0 Å². The minimum atomic E-state index is -0.471. The summed E-state index contributed by atoms with van der Waals surface area (Å²) in [6, 6.07) is 0. The molecule has 0 fully saturated rings. The summed E-state index contributed by atoms with van der Waals surface area (Å²) < 4.78 is 0. The summed E-state index contributed by atoms with van der Waals surface area (Å²) in [4.78, 5) is 13.9. The van der Waals surface area contributed by atoms with Gasteiger partial charge in [-0.25, -0.2) is 0 Å². The molecule has 2 N–H and O–H groups in total. The Hall–Kier alpha value is -1.12. The summed E-state index contributed by atoms with van der Waals surface area (Å²) in [5.41, 5.74) is 4.81. The SMILES string of the molecule is CC(C)C=NC=CC(N)=O. The first-order valence-corrected chi connectivity index (χ1v) is 3.12. The summed E-state index contributed by atoms with van der Waals surface area (Å²) in [5, 5.41) is 0. The van der Waals surface area contributed by atoms with Crippen molar-refractivity contribution in [2.45, 2.75) is 13.8 Å². The van der Waals surface area contributed by atoms with Crippen LogP contribution in [0.4, 0.5) is 0 Å².